The Bertz CT molecular complexity index is 1470. The predicted molar refractivity (Wildman–Crippen MR) is 150 cm³/mol. The van der Waals surface area contributed by atoms with E-state index in [4.69, 9.17) is 4.74 Å². The highest BCUT2D eigenvalue weighted by Gasteiger charge is 2.28. The van der Waals surface area contributed by atoms with Gasteiger partial charge in [-0.25, -0.2) is 14.5 Å². The molecule has 4 aromatic rings. The number of hydrogen-bond donors (Lipinski definition) is 2. The summed E-state index contributed by atoms with van der Waals surface area (Å²) in [6.45, 7) is 1.08. The number of urea groups is 1. The third-order valence-electron chi connectivity index (χ3n) is 7.94. The van der Waals surface area contributed by atoms with Crippen LogP contribution in [0.3, 0.4) is 0 Å². The molecule has 2 aliphatic carbocycles. The molecule has 6 rings (SSSR count). The molecule has 2 aliphatic rings. The highest BCUT2D eigenvalue weighted by molar-refractivity contribution is 5.96. The lowest BCUT2D eigenvalue weighted by molar-refractivity contribution is 0.244. The van der Waals surface area contributed by atoms with Crippen LogP contribution < -0.4 is 15.4 Å². The van der Waals surface area contributed by atoms with E-state index in [0.717, 1.165) is 59.3 Å². The minimum Gasteiger partial charge on any atom is -0.492 e. The molecule has 0 atom stereocenters. The summed E-state index contributed by atoms with van der Waals surface area (Å²) in [6, 6.07) is 16.7. The highest BCUT2D eigenvalue weighted by Crippen LogP contribution is 2.43. The lowest BCUT2D eigenvalue weighted by atomic mass is 9.92. The van der Waals surface area contributed by atoms with Gasteiger partial charge >= 0.3 is 6.03 Å². The first-order valence-electron chi connectivity index (χ1n) is 13.9. The molecule has 2 amide bonds. The molecule has 2 N–H and O–H groups in total. The van der Waals surface area contributed by atoms with Crippen molar-refractivity contribution < 1.29 is 9.53 Å². The Morgan fingerprint density at radius 3 is 2.56 bits per heavy atom. The fourth-order valence-corrected chi connectivity index (χ4v) is 5.72. The Hall–Kier alpha value is -4.32. The number of rotatable bonds is 8. The third kappa shape index (κ3) is 5.32. The number of carbonyl (C=O) groups excluding carboxylic acids is 1. The minimum absolute atomic E-state index is 0.160. The largest absolute Gasteiger partial charge is 0.492 e. The van der Waals surface area contributed by atoms with E-state index in [1.54, 1.807) is 11.0 Å². The second-order valence-corrected chi connectivity index (χ2v) is 10.5. The van der Waals surface area contributed by atoms with Crippen LogP contribution in [-0.2, 0) is 6.54 Å². The zero-order chi connectivity index (χ0) is 26.6. The average Bonchev–Trinajstić information content (AvgIpc) is 3.55. The lowest BCUT2D eigenvalue weighted by Crippen LogP contribution is -2.38. The fourth-order valence-electron chi connectivity index (χ4n) is 5.72. The zero-order valence-electron chi connectivity index (χ0n) is 22.0. The summed E-state index contributed by atoms with van der Waals surface area (Å²) in [5.41, 5.74) is 4.30. The SMILES string of the molecule is N#Cc1c(-c2ccc(NC(=O)NC3CCCCC3)cc2)n(C2CCC2)c2cc(OCCn3cncn3)ccc12. The number of aromatic nitrogens is 4. The predicted octanol–water partition coefficient (Wildman–Crippen LogP) is 6.03. The molecule has 2 fully saturated rings. The third-order valence-corrected chi connectivity index (χ3v) is 7.94. The molecule has 0 radical (unpaired) electrons. The summed E-state index contributed by atoms with van der Waals surface area (Å²) in [5, 5.41) is 21.4. The van der Waals surface area contributed by atoms with E-state index in [1.165, 1.54) is 32.0 Å². The maximum atomic E-state index is 12.5. The number of anilines is 1. The molecule has 2 aromatic heterocycles. The Balaban J connectivity index is 1.25. The van der Waals surface area contributed by atoms with Crippen LogP contribution in [0.15, 0.2) is 55.1 Å². The van der Waals surface area contributed by atoms with Gasteiger partial charge in [-0.3, -0.25) is 0 Å². The number of carbonyl (C=O) groups is 1. The van der Waals surface area contributed by atoms with E-state index >= 15 is 0 Å². The topological polar surface area (TPSA) is 110 Å². The molecule has 2 saturated carbocycles. The van der Waals surface area contributed by atoms with Crippen molar-refractivity contribution in [2.24, 2.45) is 0 Å². The maximum absolute atomic E-state index is 12.5. The van der Waals surface area contributed by atoms with E-state index < -0.39 is 0 Å². The molecule has 0 bridgehead atoms. The second-order valence-electron chi connectivity index (χ2n) is 10.5. The Kier molecular flexibility index (Phi) is 7.17. The van der Waals surface area contributed by atoms with Gasteiger partial charge in [0.25, 0.3) is 0 Å². The number of nitriles is 1. The summed E-state index contributed by atoms with van der Waals surface area (Å²) in [7, 11) is 0. The Morgan fingerprint density at radius 2 is 1.87 bits per heavy atom. The fraction of sp³-hybridized carbons (Fsp3) is 0.400. The average molecular weight is 524 g/mol. The molecule has 0 aliphatic heterocycles. The Labute approximate surface area is 227 Å². The van der Waals surface area contributed by atoms with Crippen LogP contribution in [0.25, 0.3) is 22.2 Å². The van der Waals surface area contributed by atoms with Crippen LogP contribution in [0.2, 0.25) is 0 Å². The molecule has 9 nitrogen and oxygen atoms in total. The van der Waals surface area contributed by atoms with Crippen LogP contribution in [0.1, 0.15) is 63.0 Å². The van der Waals surface area contributed by atoms with E-state index in [1.807, 2.05) is 42.5 Å². The van der Waals surface area contributed by atoms with Gasteiger partial charge in [0.05, 0.1) is 23.3 Å². The van der Waals surface area contributed by atoms with E-state index in [9.17, 15) is 10.1 Å². The smallest absolute Gasteiger partial charge is 0.319 e. The summed E-state index contributed by atoms with van der Waals surface area (Å²) >= 11 is 0. The number of hydrogen-bond acceptors (Lipinski definition) is 5. The molecule has 0 saturated heterocycles. The molecular weight excluding hydrogens is 490 g/mol. The van der Waals surface area contributed by atoms with Gasteiger partial charge in [0, 0.05) is 29.2 Å². The van der Waals surface area contributed by atoms with Gasteiger partial charge in [0.15, 0.2) is 0 Å². The molecular formula is C30H33N7O2. The van der Waals surface area contributed by atoms with Crippen molar-refractivity contribution in [2.75, 3.05) is 11.9 Å². The van der Waals surface area contributed by atoms with E-state index in [-0.39, 0.29) is 12.1 Å². The van der Waals surface area contributed by atoms with Crippen molar-refractivity contribution in [1.29, 1.82) is 5.26 Å². The molecule has 0 unspecified atom stereocenters. The van der Waals surface area contributed by atoms with Gasteiger partial charge in [-0.1, -0.05) is 31.4 Å². The van der Waals surface area contributed by atoms with E-state index in [0.29, 0.717) is 24.8 Å². The summed E-state index contributed by atoms with van der Waals surface area (Å²) < 4.78 is 10.1. The summed E-state index contributed by atoms with van der Waals surface area (Å²) in [5.74, 6) is 0.764. The molecule has 200 valence electrons. The van der Waals surface area contributed by atoms with Crippen LogP contribution in [0.5, 0.6) is 5.75 Å². The number of benzene rings is 2. The van der Waals surface area contributed by atoms with Crippen molar-refractivity contribution in [3.63, 3.8) is 0 Å². The first kappa shape index (κ1) is 25.0. The van der Waals surface area contributed by atoms with Crippen LogP contribution >= 0.6 is 0 Å². The number of fused-ring (bicyclic) bond motifs is 1. The first-order valence-corrected chi connectivity index (χ1v) is 13.9. The summed E-state index contributed by atoms with van der Waals surface area (Å²) in [4.78, 5) is 16.5. The number of nitrogens with one attached hydrogen (secondary N) is 2. The molecule has 39 heavy (non-hydrogen) atoms. The normalized spacial score (nSPS) is 16.0. The molecule has 2 aromatic carbocycles. The molecule has 2 heterocycles. The van der Waals surface area contributed by atoms with Crippen molar-refractivity contribution in [1.82, 2.24) is 24.6 Å². The van der Waals surface area contributed by atoms with Crippen molar-refractivity contribution in [3.05, 3.63) is 60.7 Å². The summed E-state index contributed by atoms with van der Waals surface area (Å²) in [6.07, 6.45) is 12.2. The number of amides is 2. The van der Waals surface area contributed by atoms with Crippen molar-refractivity contribution in [3.8, 4) is 23.1 Å². The monoisotopic (exact) mass is 523 g/mol. The van der Waals surface area contributed by atoms with Crippen molar-refractivity contribution >= 4 is 22.6 Å². The standard InChI is InChI=1S/C30H33N7O2/c31-18-27-26-14-13-25(39-16-15-36-20-32-19-33-36)17-28(26)37(24-7-4-8-24)29(27)21-9-11-23(12-10-21)35-30(38)34-22-5-2-1-3-6-22/h9-14,17,19-20,22,24H,1-8,15-16H2,(H2,34,35,38). The van der Waals surface area contributed by atoms with Crippen LogP contribution in [0.4, 0.5) is 10.5 Å². The van der Waals surface area contributed by atoms with Gasteiger partial charge < -0.3 is 19.9 Å². The van der Waals surface area contributed by atoms with Crippen molar-refractivity contribution in [2.45, 2.75) is 70.0 Å². The lowest BCUT2D eigenvalue weighted by Gasteiger charge is -2.30. The van der Waals surface area contributed by atoms with Gasteiger partial charge in [-0.05, 0) is 61.9 Å². The van der Waals surface area contributed by atoms with Gasteiger partial charge in [0.1, 0.15) is 31.1 Å². The van der Waals surface area contributed by atoms with E-state index in [2.05, 4.69) is 31.4 Å². The van der Waals surface area contributed by atoms with Crippen LogP contribution in [-0.4, -0.2) is 38.0 Å². The van der Waals surface area contributed by atoms with Gasteiger partial charge in [-0.15, -0.1) is 0 Å². The number of nitrogens with zero attached hydrogens (tertiary/aromatic N) is 5. The second kappa shape index (κ2) is 11.2. The molecule has 0 spiro atoms. The minimum atomic E-state index is -0.160. The quantitative estimate of drug-likeness (QED) is 0.293. The molecule has 9 heteroatoms. The first-order chi connectivity index (χ1) is 19.2. The van der Waals surface area contributed by atoms with Gasteiger partial charge in [0.2, 0.25) is 0 Å². The maximum Gasteiger partial charge on any atom is 0.319 e. The zero-order valence-corrected chi connectivity index (χ0v) is 22.0. The van der Waals surface area contributed by atoms with Gasteiger partial charge in [-0.2, -0.15) is 10.4 Å². The highest BCUT2D eigenvalue weighted by atomic mass is 16.5. The Morgan fingerprint density at radius 1 is 1.05 bits per heavy atom. The number of ether oxygens (including phenoxy) is 1. The van der Waals surface area contributed by atoms with Crippen LogP contribution in [0, 0.1) is 11.3 Å².